The topological polar surface area (TPSA) is 88.3 Å². The molecule has 112 valence electrons. The van der Waals surface area contributed by atoms with Crippen LogP contribution in [0.1, 0.15) is 33.1 Å². The number of sulfonamides is 1. The Bertz CT molecular complexity index is 571. The summed E-state index contributed by atoms with van der Waals surface area (Å²) in [5, 5.41) is 0.00204. The summed E-state index contributed by atoms with van der Waals surface area (Å²) >= 11 is 0. The molecule has 0 radical (unpaired) electrons. The molecule has 1 fully saturated rings. The van der Waals surface area contributed by atoms with Crippen molar-refractivity contribution < 1.29 is 8.42 Å². The predicted octanol–water partition coefficient (Wildman–Crippen LogP) is 1.57. The third-order valence-corrected chi connectivity index (χ3v) is 5.67. The Morgan fingerprint density at radius 1 is 1.35 bits per heavy atom. The average molecular weight is 298 g/mol. The molecule has 2 rings (SSSR count). The molecular weight excluding hydrogens is 276 g/mol. The second-order valence-electron chi connectivity index (χ2n) is 5.92. The third-order valence-electron chi connectivity index (χ3n) is 3.81. The molecule has 0 saturated carbocycles. The van der Waals surface area contributed by atoms with Crippen molar-refractivity contribution in [2.75, 3.05) is 18.5 Å². The van der Waals surface area contributed by atoms with E-state index in [1.807, 2.05) is 0 Å². The first kappa shape index (κ1) is 15.2. The largest absolute Gasteiger partial charge is 0.321 e. The molecule has 1 aromatic rings. The van der Waals surface area contributed by atoms with Gasteiger partial charge in [-0.25, -0.2) is 13.4 Å². The number of hydrogen-bond acceptors (Lipinski definition) is 5. The van der Waals surface area contributed by atoms with Gasteiger partial charge in [0.2, 0.25) is 0 Å². The molecule has 6 nitrogen and oxygen atoms in total. The van der Waals surface area contributed by atoms with Crippen LogP contribution in [0.3, 0.4) is 0 Å². The van der Waals surface area contributed by atoms with Crippen molar-refractivity contribution in [3.8, 4) is 0 Å². The van der Waals surface area contributed by atoms with Gasteiger partial charge in [-0.2, -0.15) is 4.31 Å². The lowest BCUT2D eigenvalue weighted by atomic mass is 9.85. The van der Waals surface area contributed by atoms with E-state index in [4.69, 9.17) is 5.84 Å². The average Bonchev–Trinajstić information content (AvgIpc) is 2.60. The molecule has 0 aromatic carbocycles. The zero-order valence-electron chi connectivity index (χ0n) is 12.0. The Morgan fingerprint density at radius 3 is 2.80 bits per heavy atom. The molecule has 1 aliphatic heterocycles. The number of pyridine rings is 1. The summed E-state index contributed by atoms with van der Waals surface area (Å²) in [4.78, 5) is 3.99. The minimum Gasteiger partial charge on any atom is -0.321 e. The summed E-state index contributed by atoms with van der Waals surface area (Å²) in [6, 6.07) is 3.27. The van der Waals surface area contributed by atoms with Gasteiger partial charge < -0.3 is 5.43 Å². The third kappa shape index (κ3) is 3.11. The van der Waals surface area contributed by atoms with Crippen LogP contribution in [0.4, 0.5) is 5.69 Å². The quantitative estimate of drug-likeness (QED) is 0.653. The molecule has 0 amide bonds. The number of hydrogen-bond donors (Lipinski definition) is 2. The van der Waals surface area contributed by atoms with Gasteiger partial charge in [0.05, 0.1) is 5.69 Å². The maximum Gasteiger partial charge on any atom is 0.262 e. The highest BCUT2D eigenvalue weighted by atomic mass is 32.2. The summed E-state index contributed by atoms with van der Waals surface area (Å²) in [6.07, 6.45) is 4.22. The number of rotatable bonds is 3. The van der Waals surface area contributed by atoms with E-state index in [1.165, 1.54) is 10.5 Å². The van der Waals surface area contributed by atoms with Gasteiger partial charge in [-0.3, -0.25) is 5.84 Å². The van der Waals surface area contributed by atoms with E-state index in [0.29, 0.717) is 18.8 Å². The van der Waals surface area contributed by atoms with Gasteiger partial charge in [0.1, 0.15) is 0 Å². The van der Waals surface area contributed by atoms with Crippen molar-refractivity contribution in [2.45, 2.75) is 38.1 Å². The lowest BCUT2D eigenvalue weighted by Gasteiger charge is -2.23. The van der Waals surface area contributed by atoms with Crippen molar-refractivity contribution in [3.63, 3.8) is 0 Å². The summed E-state index contributed by atoms with van der Waals surface area (Å²) in [5.74, 6) is 5.38. The van der Waals surface area contributed by atoms with Gasteiger partial charge in [0.15, 0.2) is 5.03 Å². The molecule has 0 bridgehead atoms. The number of nitrogens with zero attached hydrogens (tertiary/aromatic N) is 2. The highest BCUT2D eigenvalue weighted by Crippen LogP contribution is 2.32. The Hall–Kier alpha value is -1.18. The maximum absolute atomic E-state index is 12.7. The monoisotopic (exact) mass is 298 g/mol. The van der Waals surface area contributed by atoms with Crippen LogP contribution < -0.4 is 11.3 Å². The Kier molecular flexibility index (Phi) is 4.31. The first-order chi connectivity index (χ1) is 9.37. The van der Waals surface area contributed by atoms with Crippen LogP contribution in [0.2, 0.25) is 0 Å². The SMILES string of the molecule is CC1(C)CCCN(S(=O)(=O)c2ncccc2NN)CC1. The van der Waals surface area contributed by atoms with Crippen molar-refractivity contribution in [1.29, 1.82) is 0 Å². The summed E-state index contributed by atoms with van der Waals surface area (Å²) in [5.41, 5.74) is 2.92. The molecule has 0 unspecified atom stereocenters. The minimum absolute atomic E-state index is 0.00204. The maximum atomic E-state index is 12.7. The van der Waals surface area contributed by atoms with Gasteiger partial charge >= 0.3 is 0 Å². The highest BCUT2D eigenvalue weighted by Gasteiger charge is 2.32. The lowest BCUT2D eigenvalue weighted by molar-refractivity contribution is 0.314. The van der Waals surface area contributed by atoms with Gasteiger partial charge in [-0.15, -0.1) is 0 Å². The van der Waals surface area contributed by atoms with E-state index in [0.717, 1.165) is 19.3 Å². The van der Waals surface area contributed by atoms with Crippen LogP contribution >= 0.6 is 0 Å². The van der Waals surface area contributed by atoms with Crippen LogP contribution in [0.5, 0.6) is 0 Å². The normalized spacial score (nSPS) is 20.4. The summed E-state index contributed by atoms with van der Waals surface area (Å²) in [7, 11) is -3.60. The molecule has 20 heavy (non-hydrogen) atoms. The molecule has 0 spiro atoms. The van der Waals surface area contributed by atoms with Gasteiger partial charge in [0, 0.05) is 19.3 Å². The number of nitrogen functional groups attached to an aromatic ring is 1. The zero-order chi connectivity index (χ0) is 14.8. The molecule has 1 aliphatic rings. The van der Waals surface area contributed by atoms with Crippen molar-refractivity contribution in [2.24, 2.45) is 11.3 Å². The van der Waals surface area contributed by atoms with E-state index in [1.54, 1.807) is 12.1 Å². The number of nitrogens with one attached hydrogen (secondary N) is 1. The fraction of sp³-hybridized carbons (Fsp3) is 0.615. The van der Waals surface area contributed by atoms with Crippen LogP contribution in [-0.2, 0) is 10.0 Å². The van der Waals surface area contributed by atoms with E-state index in [-0.39, 0.29) is 10.4 Å². The van der Waals surface area contributed by atoms with Gasteiger partial charge in [-0.05, 0) is 36.8 Å². The number of nitrogens with two attached hydrogens (primary N) is 1. The predicted molar refractivity (Wildman–Crippen MR) is 78.4 cm³/mol. The standard InChI is InChI=1S/C13H22N4O2S/c1-13(2)6-4-9-17(10-7-13)20(18,19)12-11(16-14)5-3-8-15-12/h3,5,8,16H,4,6-7,9-10,14H2,1-2H3. The minimum atomic E-state index is -3.60. The van der Waals surface area contributed by atoms with Crippen molar-refractivity contribution in [1.82, 2.24) is 9.29 Å². The first-order valence-corrected chi connectivity index (χ1v) is 8.23. The highest BCUT2D eigenvalue weighted by molar-refractivity contribution is 7.89. The Balaban J connectivity index is 2.30. The summed E-state index contributed by atoms with van der Waals surface area (Å²) < 4.78 is 26.9. The fourth-order valence-electron chi connectivity index (χ4n) is 2.47. The fourth-order valence-corrected chi connectivity index (χ4v) is 4.01. The summed E-state index contributed by atoms with van der Waals surface area (Å²) in [6.45, 7) is 5.41. The van der Waals surface area contributed by atoms with E-state index in [2.05, 4.69) is 24.3 Å². The van der Waals surface area contributed by atoms with Crippen LogP contribution in [-0.4, -0.2) is 30.8 Å². The molecule has 7 heteroatoms. The van der Waals surface area contributed by atoms with Gasteiger partial charge in [0.25, 0.3) is 10.0 Å². The molecule has 0 aliphatic carbocycles. The number of hydrazine groups is 1. The molecule has 2 heterocycles. The number of anilines is 1. The Morgan fingerprint density at radius 2 is 2.10 bits per heavy atom. The lowest BCUT2D eigenvalue weighted by Crippen LogP contribution is -2.33. The zero-order valence-corrected chi connectivity index (χ0v) is 12.8. The van der Waals surface area contributed by atoms with E-state index >= 15 is 0 Å². The first-order valence-electron chi connectivity index (χ1n) is 6.79. The second kappa shape index (κ2) is 5.67. The molecule has 3 N–H and O–H groups in total. The van der Waals surface area contributed by atoms with Crippen LogP contribution in [0.15, 0.2) is 23.4 Å². The molecular formula is C13H22N4O2S. The van der Waals surface area contributed by atoms with Gasteiger partial charge in [-0.1, -0.05) is 13.8 Å². The smallest absolute Gasteiger partial charge is 0.262 e. The van der Waals surface area contributed by atoms with Crippen LogP contribution in [0.25, 0.3) is 0 Å². The number of aromatic nitrogens is 1. The molecule has 1 aromatic heterocycles. The van der Waals surface area contributed by atoms with E-state index in [9.17, 15) is 8.42 Å². The van der Waals surface area contributed by atoms with Crippen LogP contribution in [0, 0.1) is 5.41 Å². The van der Waals surface area contributed by atoms with E-state index < -0.39 is 10.0 Å². The van der Waals surface area contributed by atoms with Crippen molar-refractivity contribution in [3.05, 3.63) is 18.3 Å². The Labute approximate surface area is 120 Å². The molecule has 1 saturated heterocycles. The second-order valence-corrected chi connectivity index (χ2v) is 7.78. The van der Waals surface area contributed by atoms with Crippen molar-refractivity contribution >= 4 is 15.7 Å². The molecule has 0 atom stereocenters.